The molecule has 1 saturated heterocycles. The highest BCUT2D eigenvalue weighted by molar-refractivity contribution is 8.00. The van der Waals surface area contributed by atoms with Gasteiger partial charge in [0.25, 0.3) is 0 Å². The molecule has 1 fully saturated rings. The van der Waals surface area contributed by atoms with Crippen LogP contribution in [0, 0.1) is 0 Å². The van der Waals surface area contributed by atoms with E-state index >= 15 is 0 Å². The molecule has 0 aliphatic carbocycles. The van der Waals surface area contributed by atoms with Crippen LogP contribution in [0.2, 0.25) is 0 Å². The van der Waals surface area contributed by atoms with Gasteiger partial charge >= 0.3 is 0 Å². The number of primary amides is 1. The number of nitrogens with zero attached hydrogens (tertiary/aromatic N) is 2. The fourth-order valence-corrected chi connectivity index (χ4v) is 2.95. The number of thioether (sulfide) groups is 1. The molecule has 108 valence electrons. The number of hydrogen-bond acceptors (Lipinski definition) is 4. The molecule has 0 unspecified atom stereocenters. The highest BCUT2D eigenvalue weighted by Crippen LogP contribution is 2.17. The first-order chi connectivity index (χ1) is 9.65. The van der Waals surface area contributed by atoms with Crippen molar-refractivity contribution >= 4 is 23.6 Å². The molecular weight excluding hydrogens is 274 g/mol. The van der Waals surface area contributed by atoms with Gasteiger partial charge in [-0.3, -0.25) is 14.5 Å². The summed E-state index contributed by atoms with van der Waals surface area (Å²) in [6.07, 6.45) is 0. The first-order valence-corrected chi connectivity index (χ1v) is 7.60. The average Bonchev–Trinajstić information content (AvgIpc) is 2.46. The van der Waals surface area contributed by atoms with Gasteiger partial charge in [-0.15, -0.1) is 11.8 Å². The van der Waals surface area contributed by atoms with Gasteiger partial charge in [-0.25, -0.2) is 0 Å². The van der Waals surface area contributed by atoms with Gasteiger partial charge in [-0.2, -0.15) is 0 Å². The minimum atomic E-state index is -0.315. The molecule has 1 aromatic carbocycles. The Morgan fingerprint density at radius 3 is 2.35 bits per heavy atom. The molecule has 0 atom stereocenters. The van der Waals surface area contributed by atoms with E-state index in [0.29, 0.717) is 31.9 Å². The Hall–Kier alpha value is -1.53. The summed E-state index contributed by atoms with van der Waals surface area (Å²) in [4.78, 5) is 27.9. The molecule has 0 radical (unpaired) electrons. The molecule has 0 aromatic heterocycles. The van der Waals surface area contributed by atoms with E-state index in [1.165, 1.54) is 0 Å². The van der Waals surface area contributed by atoms with Crippen LogP contribution in [0.4, 0.5) is 0 Å². The number of carbonyl (C=O) groups is 2. The van der Waals surface area contributed by atoms with Gasteiger partial charge in [-0.1, -0.05) is 18.2 Å². The van der Waals surface area contributed by atoms with E-state index in [4.69, 9.17) is 5.73 Å². The Morgan fingerprint density at radius 1 is 1.10 bits per heavy atom. The molecule has 2 amide bonds. The molecule has 1 heterocycles. The monoisotopic (exact) mass is 293 g/mol. The summed E-state index contributed by atoms with van der Waals surface area (Å²) < 4.78 is 0. The van der Waals surface area contributed by atoms with Gasteiger partial charge in [0.2, 0.25) is 11.8 Å². The van der Waals surface area contributed by atoms with E-state index in [9.17, 15) is 9.59 Å². The standard InChI is InChI=1S/C14H19N3O2S/c15-13(18)10-16-6-8-17(9-7-16)14(19)11-20-12-4-2-1-3-5-12/h1-5H,6-11H2,(H2,15,18). The van der Waals surface area contributed by atoms with Crippen molar-refractivity contribution < 1.29 is 9.59 Å². The normalized spacial score (nSPS) is 16.1. The van der Waals surface area contributed by atoms with E-state index in [1.807, 2.05) is 40.1 Å². The van der Waals surface area contributed by atoms with Crippen LogP contribution in [0.25, 0.3) is 0 Å². The first-order valence-electron chi connectivity index (χ1n) is 6.61. The lowest BCUT2D eigenvalue weighted by atomic mass is 10.3. The molecule has 6 heteroatoms. The second-order valence-electron chi connectivity index (χ2n) is 4.72. The number of benzene rings is 1. The quantitative estimate of drug-likeness (QED) is 0.799. The maximum absolute atomic E-state index is 12.1. The van der Waals surface area contributed by atoms with Crippen LogP contribution in [0.15, 0.2) is 35.2 Å². The lowest BCUT2D eigenvalue weighted by Gasteiger charge is -2.34. The maximum atomic E-state index is 12.1. The third kappa shape index (κ3) is 4.54. The zero-order chi connectivity index (χ0) is 14.4. The minimum absolute atomic E-state index is 0.151. The van der Waals surface area contributed by atoms with Crippen molar-refractivity contribution in [3.05, 3.63) is 30.3 Å². The molecule has 2 rings (SSSR count). The molecule has 1 aliphatic heterocycles. The molecule has 20 heavy (non-hydrogen) atoms. The number of piperazine rings is 1. The Kier molecular flexibility index (Phi) is 5.43. The smallest absolute Gasteiger partial charge is 0.233 e. The fraction of sp³-hybridized carbons (Fsp3) is 0.429. The lowest BCUT2D eigenvalue weighted by molar-refractivity contribution is -0.130. The summed E-state index contributed by atoms with van der Waals surface area (Å²) >= 11 is 1.55. The number of rotatable bonds is 5. The van der Waals surface area contributed by atoms with E-state index in [2.05, 4.69) is 0 Å². The molecule has 0 saturated carbocycles. The molecule has 5 nitrogen and oxygen atoms in total. The Balaban J connectivity index is 1.73. The minimum Gasteiger partial charge on any atom is -0.369 e. The Labute approximate surface area is 123 Å². The second kappa shape index (κ2) is 7.31. The van der Waals surface area contributed by atoms with E-state index < -0.39 is 0 Å². The largest absolute Gasteiger partial charge is 0.369 e. The van der Waals surface area contributed by atoms with Crippen LogP contribution in [0.3, 0.4) is 0 Å². The molecule has 1 aromatic rings. The van der Waals surface area contributed by atoms with Crippen molar-refractivity contribution in [3.8, 4) is 0 Å². The summed E-state index contributed by atoms with van der Waals surface area (Å²) in [6, 6.07) is 9.90. The molecular formula is C14H19N3O2S. The summed E-state index contributed by atoms with van der Waals surface area (Å²) in [5, 5.41) is 0. The Morgan fingerprint density at radius 2 is 1.75 bits per heavy atom. The maximum Gasteiger partial charge on any atom is 0.233 e. The van der Waals surface area contributed by atoms with Gasteiger partial charge in [0, 0.05) is 31.1 Å². The van der Waals surface area contributed by atoms with E-state index in [1.54, 1.807) is 11.8 Å². The van der Waals surface area contributed by atoms with Crippen molar-refractivity contribution in [2.24, 2.45) is 5.73 Å². The predicted molar refractivity (Wildman–Crippen MR) is 79.4 cm³/mol. The van der Waals surface area contributed by atoms with Crippen LogP contribution in [-0.2, 0) is 9.59 Å². The molecule has 1 aliphatic rings. The topological polar surface area (TPSA) is 66.6 Å². The van der Waals surface area contributed by atoms with Crippen LogP contribution >= 0.6 is 11.8 Å². The van der Waals surface area contributed by atoms with Gasteiger partial charge in [0.05, 0.1) is 12.3 Å². The van der Waals surface area contributed by atoms with Gasteiger partial charge < -0.3 is 10.6 Å². The SMILES string of the molecule is NC(=O)CN1CCN(C(=O)CSc2ccccc2)CC1. The third-order valence-electron chi connectivity index (χ3n) is 3.21. The summed E-state index contributed by atoms with van der Waals surface area (Å²) in [5.74, 6) is 0.293. The second-order valence-corrected chi connectivity index (χ2v) is 5.77. The molecule has 2 N–H and O–H groups in total. The van der Waals surface area contributed by atoms with Gasteiger partial charge in [-0.05, 0) is 12.1 Å². The van der Waals surface area contributed by atoms with Crippen molar-refractivity contribution in [1.29, 1.82) is 0 Å². The van der Waals surface area contributed by atoms with Crippen LogP contribution in [0.5, 0.6) is 0 Å². The molecule has 0 bridgehead atoms. The van der Waals surface area contributed by atoms with Crippen molar-refractivity contribution in [1.82, 2.24) is 9.80 Å². The van der Waals surface area contributed by atoms with Crippen molar-refractivity contribution in [2.75, 3.05) is 38.5 Å². The van der Waals surface area contributed by atoms with Crippen LogP contribution in [0.1, 0.15) is 0 Å². The van der Waals surface area contributed by atoms with E-state index in [0.717, 1.165) is 4.90 Å². The van der Waals surface area contributed by atoms with Crippen molar-refractivity contribution in [3.63, 3.8) is 0 Å². The number of hydrogen-bond donors (Lipinski definition) is 1. The van der Waals surface area contributed by atoms with Crippen molar-refractivity contribution in [2.45, 2.75) is 4.90 Å². The first kappa shape index (κ1) is 14.9. The number of nitrogens with two attached hydrogens (primary N) is 1. The number of amides is 2. The Bertz CT molecular complexity index is 459. The van der Waals surface area contributed by atoms with Crippen LogP contribution in [-0.4, -0.2) is 60.1 Å². The fourth-order valence-electron chi connectivity index (χ4n) is 2.13. The lowest BCUT2D eigenvalue weighted by Crippen LogP contribution is -2.51. The third-order valence-corrected chi connectivity index (χ3v) is 4.21. The molecule has 0 spiro atoms. The average molecular weight is 293 g/mol. The zero-order valence-electron chi connectivity index (χ0n) is 11.3. The van der Waals surface area contributed by atoms with Crippen LogP contribution < -0.4 is 5.73 Å². The summed E-state index contributed by atoms with van der Waals surface area (Å²) in [5.41, 5.74) is 5.17. The highest BCUT2D eigenvalue weighted by Gasteiger charge is 2.21. The predicted octanol–water partition coefficient (Wildman–Crippen LogP) is 0.408. The highest BCUT2D eigenvalue weighted by atomic mass is 32.2. The van der Waals surface area contributed by atoms with Gasteiger partial charge in [0.15, 0.2) is 0 Å². The van der Waals surface area contributed by atoms with Gasteiger partial charge in [0.1, 0.15) is 0 Å². The summed E-state index contributed by atoms with van der Waals surface area (Å²) in [6.45, 7) is 3.04. The summed E-state index contributed by atoms with van der Waals surface area (Å²) in [7, 11) is 0. The number of carbonyl (C=O) groups excluding carboxylic acids is 2. The van der Waals surface area contributed by atoms with E-state index in [-0.39, 0.29) is 18.4 Å². The zero-order valence-corrected chi connectivity index (χ0v) is 12.1.